The second-order valence-corrected chi connectivity index (χ2v) is 5.49. The molecule has 1 aromatic carbocycles. The number of aliphatic carboxylic acids is 2. The van der Waals surface area contributed by atoms with Crippen LogP contribution in [-0.4, -0.2) is 76.8 Å². The summed E-state index contributed by atoms with van der Waals surface area (Å²) in [6.45, 7) is 5.16. The fourth-order valence-corrected chi connectivity index (χ4v) is 2.31. The molecule has 0 radical (unpaired) electrons. The number of carbonyl (C=O) groups is 2. The Morgan fingerprint density at radius 2 is 1.65 bits per heavy atom. The lowest BCUT2D eigenvalue weighted by Crippen LogP contribution is -2.32. The zero-order valence-electron chi connectivity index (χ0n) is 13.3. The molecule has 128 valence electrons. The number of hydrogen-bond acceptors (Lipinski definition) is 5. The van der Waals surface area contributed by atoms with E-state index in [1.165, 1.54) is 6.42 Å². The summed E-state index contributed by atoms with van der Waals surface area (Å²) in [7, 11) is 2.16. The first-order chi connectivity index (χ1) is 10.9. The number of aliphatic hydroxyl groups excluding tert-OH is 1. The number of rotatable bonds is 3. The number of benzene rings is 1. The molecule has 1 fully saturated rings. The summed E-state index contributed by atoms with van der Waals surface area (Å²) in [5, 5.41) is 25.0. The molecule has 0 aromatic heterocycles. The van der Waals surface area contributed by atoms with Gasteiger partial charge in [-0.1, -0.05) is 30.3 Å². The van der Waals surface area contributed by atoms with Gasteiger partial charge in [-0.15, -0.1) is 0 Å². The molecule has 1 atom stereocenters. The summed E-state index contributed by atoms with van der Waals surface area (Å²) >= 11 is 0. The van der Waals surface area contributed by atoms with Gasteiger partial charge in [0, 0.05) is 19.6 Å². The maximum Gasteiger partial charge on any atom is 0.414 e. The lowest BCUT2D eigenvalue weighted by Gasteiger charge is -2.23. The van der Waals surface area contributed by atoms with Gasteiger partial charge in [-0.25, -0.2) is 9.59 Å². The van der Waals surface area contributed by atoms with Gasteiger partial charge in [0.1, 0.15) is 0 Å². The van der Waals surface area contributed by atoms with Gasteiger partial charge in [-0.2, -0.15) is 0 Å². The van der Waals surface area contributed by atoms with Crippen molar-refractivity contribution in [3.8, 4) is 0 Å². The highest BCUT2D eigenvalue weighted by Gasteiger charge is 2.16. The Kier molecular flexibility index (Phi) is 8.25. The molecule has 1 saturated heterocycles. The Labute approximate surface area is 135 Å². The monoisotopic (exact) mass is 324 g/mol. The Balaban J connectivity index is 0.000000379. The van der Waals surface area contributed by atoms with Crippen molar-refractivity contribution in [1.29, 1.82) is 0 Å². The van der Waals surface area contributed by atoms with Crippen molar-refractivity contribution in [2.45, 2.75) is 12.5 Å². The minimum atomic E-state index is -1.82. The van der Waals surface area contributed by atoms with Crippen molar-refractivity contribution in [3.05, 3.63) is 35.9 Å². The molecule has 0 saturated carbocycles. The zero-order chi connectivity index (χ0) is 17.2. The van der Waals surface area contributed by atoms with Crippen LogP contribution in [0.5, 0.6) is 0 Å². The van der Waals surface area contributed by atoms with E-state index >= 15 is 0 Å². The highest BCUT2D eigenvalue weighted by molar-refractivity contribution is 6.27. The molecule has 7 nitrogen and oxygen atoms in total. The van der Waals surface area contributed by atoms with Crippen molar-refractivity contribution in [2.24, 2.45) is 0 Å². The molecule has 0 amide bonds. The molecule has 1 heterocycles. The molecule has 0 spiro atoms. The molecule has 1 unspecified atom stereocenters. The zero-order valence-corrected chi connectivity index (χ0v) is 13.3. The van der Waals surface area contributed by atoms with Crippen LogP contribution in [0.2, 0.25) is 0 Å². The van der Waals surface area contributed by atoms with E-state index in [0.717, 1.165) is 38.3 Å². The molecular formula is C16H24N2O5. The van der Waals surface area contributed by atoms with Gasteiger partial charge in [-0.3, -0.25) is 4.90 Å². The average molecular weight is 324 g/mol. The summed E-state index contributed by atoms with van der Waals surface area (Å²) in [5.74, 6) is -3.65. The van der Waals surface area contributed by atoms with Gasteiger partial charge in [0.05, 0.1) is 6.10 Å². The van der Waals surface area contributed by atoms with Crippen LogP contribution in [0.1, 0.15) is 18.1 Å². The molecule has 0 bridgehead atoms. The van der Waals surface area contributed by atoms with Crippen molar-refractivity contribution >= 4 is 11.9 Å². The minimum absolute atomic E-state index is 0.361. The Morgan fingerprint density at radius 1 is 1.04 bits per heavy atom. The van der Waals surface area contributed by atoms with Gasteiger partial charge < -0.3 is 20.2 Å². The van der Waals surface area contributed by atoms with Gasteiger partial charge in [0.2, 0.25) is 0 Å². The number of carboxylic acid groups (broad SMARTS) is 2. The lowest BCUT2D eigenvalue weighted by atomic mass is 10.1. The second-order valence-electron chi connectivity index (χ2n) is 5.49. The van der Waals surface area contributed by atoms with Crippen LogP contribution in [0.25, 0.3) is 0 Å². The SMILES string of the molecule is CN1CCCN(CC(O)c2ccccc2)CC1.O=C(O)C(=O)O. The predicted molar refractivity (Wildman–Crippen MR) is 85.2 cm³/mol. The van der Waals surface area contributed by atoms with E-state index in [4.69, 9.17) is 19.8 Å². The largest absolute Gasteiger partial charge is 0.473 e. The third kappa shape index (κ3) is 7.73. The molecule has 1 aliphatic rings. The quantitative estimate of drug-likeness (QED) is 0.697. The second kappa shape index (κ2) is 9.94. The Hall–Kier alpha value is -1.96. The van der Waals surface area contributed by atoms with Crippen LogP contribution in [0.3, 0.4) is 0 Å². The van der Waals surface area contributed by atoms with Crippen LogP contribution in [0, 0.1) is 0 Å². The van der Waals surface area contributed by atoms with E-state index in [1.807, 2.05) is 30.3 Å². The third-order valence-corrected chi connectivity index (χ3v) is 3.61. The van der Waals surface area contributed by atoms with Crippen LogP contribution in [-0.2, 0) is 9.59 Å². The van der Waals surface area contributed by atoms with E-state index in [1.54, 1.807) is 0 Å². The maximum atomic E-state index is 10.2. The molecular weight excluding hydrogens is 300 g/mol. The highest BCUT2D eigenvalue weighted by Crippen LogP contribution is 2.14. The molecule has 1 aliphatic heterocycles. The van der Waals surface area contributed by atoms with Crippen LogP contribution >= 0.6 is 0 Å². The van der Waals surface area contributed by atoms with E-state index in [2.05, 4.69) is 16.8 Å². The average Bonchev–Trinajstić information content (AvgIpc) is 2.73. The third-order valence-electron chi connectivity index (χ3n) is 3.61. The van der Waals surface area contributed by atoms with Crippen molar-refractivity contribution in [3.63, 3.8) is 0 Å². The fraction of sp³-hybridized carbons (Fsp3) is 0.500. The van der Waals surface area contributed by atoms with Crippen molar-refractivity contribution in [2.75, 3.05) is 39.8 Å². The first-order valence-corrected chi connectivity index (χ1v) is 7.50. The topological polar surface area (TPSA) is 101 Å². The van der Waals surface area contributed by atoms with E-state index in [9.17, 15) is 5.11 Å². The molecule has 0 aliphatic carbocycles. The lowest BCUT2D eigenvalue weighted by molar-refractivity contribution is -0.159. The minimum Gasteiger partial charge on any atom is -0.473 e. The summed E-state index contributed by atoms with van der Waals surface area (Å²) in [5.41, 5.74) is 1.02. The van der Waals surface area contributed by atoms with E-state index in [0.29, 0.717) is 0 Å². The molecule has 23 heavy (non-hydrogen) atoms. The van der Waals surface area contributed by atoms with Gasteiger partial charge in [-0.05, 0) is 32.1 Å². The summed E-state index contributed by atoms with van der Waals surface area (Å²) in [6.07, 6.45) is 0.831. The number of aliphatic hydroxyl groups is 1. The fourth-order valence-electron chi connectivity index (χ4n) is 2.31. The Bertz CT molecular complexity index is 483. The van der Waals surface area contributed by atoms with Crippen molar-refractivity contribution in [1.82, 2.24) is 9.80 Å². The highest BCUT2D eigenvalue weighted by atomic mass is 16.4. The summed E-state index contributed by atoms with van der Waals surface area (Å²) in [6, 6.07) is 9.93. The maximum absolute atomic E-state index is 10.2. The molecule has 7 heteroatoms. The van der Waals surface area contributed by atoms with Crippen LogP contribution < -0.4 is 0 Å². The van der Waals surface area contributed by atoms with Gasteiger partial charge in [0.25, 0.3) is 0 Å². The van der Waals surface area contributed by atoms with E-state index < -0.39 is 11.9 Å². The first-order valence-electron chi connectivity index (χ1n) is 7.50. The van der Waals surface area contributed by atoms with Crippen LogP contribution in [0.4, 0.5) is 0 Å². The smallest absolute Gasteiger partial charge is 0.414 e. The standard InChI is InChI=1S/C14H22N2O.C2H2O4/c1-15-8-5-9-16(11-10-15)12-14(17)13-6-3-2-4-7-13;3-1(4)2(5)6/h2-4,6-7,14,17H,5,8-12H2,1H3;(H,3,4)(H,5,6). The summed E-state index contributed by atoms with van der Waals surface area (Å²) in [4.78, 5) is 22.9. The molecule has 2 rings (SSSR count). The number of β-amino-alcohol motifs (C(OH)–C–C–N with tert-alkyl or cyclic N) is 1. The number of nitrogens with zero attached hydrogens (tertiary/aromatic N) is 2. The van der Waals surface area contributed by atoms with E-state index in [-0.39, 0.29) is 6.10 Å². The van der Waals surface area contributed by atoms with Crippen molar-refractivity contribution < 1.29 is 24.9 Å². The molecule has 3 N–H and O–H groups in total. The number of carboxylic acids is 2. The van der Waals surface area contributed by atoms with Gasteiger partial charge >= 0.3 is 11.9 Å². The number of hydrogen-bond donors (Lipinski definition) is 3. The summed E-state index contributed by atoms with van der Waals surface area (Å²) < 4.78 is 0. The number of likely N-dealkylation sites (N-methyl/N-ethyl adjacent to an activating group) is 1. The normalized spacial score (nSPS) is 17.5. The van der Waals surface area contributed by atoms with Crippen LogP contribution in [0.15, 0.2) is 30.3 Å². The first kappa shape index (κ1) is 19.1. The molecule has 1 aromatic rings. The predicted octanol–water partition coefficient (Wildman–Crippen LogP) is 0.513. The van der Waals surface area contributed by atoms with Gasteiger partial charge in [0.15, 0.2) is 0 Å². The Morgan fingerprint density at radius 3 is 2.22 bits per heavy atom.